The fourth-order valence-electron chi connectivity index (χ4n) is 3.03. The second kappa shape index (κ2) is 3.80. The van der Waals surface area contributed by atoms with Gasteiger partial charge in [-0.15, -0.1) is 11.6 Å². The summed E-state index contributed by atoms with van der Waals surface area (Å²) in [6, 6.07) is 11.3. The standard InChI is InChI=1S/C13H16ClN/c14-13-11-6-7-12(13)15(9-11)8-10-4-2-1-3-5-10/h1-5,11-13H,6-9H2/t11-,12-,13?/m1/s1. The molecule has 1 heterocycles. The van der Waals surface area contributed by atoms with Crippen LogP contribution in [0.4, 0.5) is 0 Å². The molecule has 15 heavy (non-hydrogen) atoms. The highest BCUT2D eigenvalue weighted by Gasteiger charge is 2.45. The van der Waals surface area contributed by atoms with Crippen LogP contribution in [0.3, 0.4) is 0 Å². The summed E-state index contributed by atoms with van der Waals surface area (Å²) in [7, 11) is 0. The smallest absolute Gasteiger partial charge is 0.0531 e. The van der Waals surface area contributed by atoms with Crippen molar-refractivity contribution in [3.63, 3.8) is 0 Å². The zero-order valence-electron chi connectivity index (χ0n) is 8.77. The van der Waals surface area contributed by atoms with Crippen molar-refractivity contribution in [3.05, 3.63) is 35.9 Å². The molecule has 1 unspecified atom stereocenters. The average molecular weight is 222 g/mol. The highest BCUT2D eigenvalue weighted by molar-refractivity contribution is 6.21. The predicted octanol–water partition coefficient (Wildman–Crippen LogP) is 2.89. The number of alkyl halides is 1. The van der Waals surface area contributed by atoms with Gasteiger partial charge in [-0.05, 0) is 24.3 Å². The summed E-state index contributed by atoms with van der Waals surface area (Å²) in [6.07, 6.45) is 2.63. The van der Waals surface area contributed by atoms with Crippen LogP contribution >= 0.6 is 11.6 Å². The fraction of sp³-hybridized carbons (Fsp3) is 0.538. The van der Waals surface area contributed by atoms with Gasteiger partial charge in [0.05, 0.1) is 5.38 Å². The van der Waals surface area contributed by atoms with E-state index in [9.17, 15) is 0 Å². The summed E-state index contributed by atoms with van der Waals surface area (Å²) in [5.74, 6) is 0.750. The predicted molar refractivity (Wildman–Crippen MR) is 63.0 cm³/mol. The molecule has 3 rings (SSSR count). The van der Waals surface area contributed by atoms with E-state index in [1.54, 1.807) is 0 Å². The van der Waals surface area contributed by atoms with E-state index in [-0.39, 0.29) is 0 Å². The largest absolute Gasteiger partial charge is 0.294 e. The molecule has 1 aliphatic heterocycles. The lowest BCUT2D eigenvalue weighted by atomic mass is 10.1. The maximum absolute atomic E-state index is 6.39. The third-order valence-electron chi connectivity index (χ3n) is 3.82. The fourth-order valence-corrected chi connectivity index (χ4v) is 3.52. The van der Waals surface area contributed by atoms with Crippen molar-refractivity contribution in [2.75, 3.05) is 6.54 Å². The molecule has 0 N–H and O–H groups in total. The molecule has 0 aromatic heterocycles. The first-order valence-electron chi connectivity index (χ1n) is 5.76. The monoisotopic (exact) mass is 221 g/mol. The van der Waals surface area contributed by atoms with E-state index in [1.807, 2.05) is 0 Å². The molecule has 2 fully saturated rings. The first-order chi connectivity index (χ1) is 7.34. The van der Waals surface area contributed by atoms with E-state index < -0.39 is 0 Å². The molecule has 2 bridgehead atoms. The zero-order chi connectivity index (χ0) is 10.3. The van der Waals surface area contributed by atoms with Crippen molar-refractivity contribution < 1.29 is 0 Å². The molecule has 1 saturated heterocycles. The minimum Gasteiger partial charge on any atom is -0.294 e. The van der Waals surface area contributed by atoms with E-state index in [0.29, 0.717) is 11.4 Å². The molecular formula is C13H16ClN. The van der Waals surface area contributed by atoms with E-state index in [0.717, 1.165) is 12.5 Å². The number of fused-ring (bicyclic) bond motifs is 2. The highest BCUT2D eigenvalue weighted by atomic mass is 35.5. The number of nitrogens with zero attached hydrogens (tertiary/aromatic N) is 1. The summed E-state index contributed by atoms with van der Waals surface area (Å²) in [5.41, 5.74) is 1.41. The first kappa shape index (κ1) is 9.68. The third kappa shape index (κ3) is 1.68. The number of piperidine rings is 1. The van der Waals surface area contributed by atoms with E-state index >= 15 is 0 Å². The van der Waals surface area contributed by atoms with Crippen LogP contribution < -0.4 is 0 Å². The number of benzene rings is 1. The maximum Gasteiger partial charge on any atom is 0.0531 e. The lowest BCUT2D eigenvalue weighted by molar-refractivity contribution is 0.205. The lowest BCUT2D eigenvalue weighted by Crippen LogP contribution is -2.32. The highest BCUT2D eigenvalue weighted by Crippen LogP contribution is 2.41. The van der Waals surface area contributed by atoms with Crippen LogP contribution in [0.1, 0.15) is 18.4 Å². The topological polar surface area (TPSA) is 3.24 Å². The van der Waals surface area contributed by atoms with Crippen molar-refractivity contribution >= 4 is 11.6 Å². The number of rotatable bonds is 2. The van der Waals surface area contributed by atoms with Gasteiger partial charge in [0.2, 0.25) is 0 Å². The number of hydrogen-bond acceptors (Lipinski definition) is 1. The summed E-state index contributed by atoms with van der Waals surface area (Å²) in [5, 5.41) is 0.411. The molecule has 1 aromatic rings. The first-order valence-corrected chi connectivity index (χ1v) is 6.20. The van der Waals surface area contributed by atoms with Crippen LogP contribution in [-0.2, 0) is 6.54 Å². The van der Waals surface area contributed by atoms with Crippen LogP contribution in [0.5, 0.6) is 0 Å². The Balaban J connectivity index is 1.71. The van der Waals surface area contributed by atoms with Crippen LogP contribution in [0.25, 0.3) is 0 Å². The van der Waals surface area contributed by atoms with Crippen LogP contribution in [0.15, 0.2) is 30.3 Å². The Hall–Kier alpha value is -0.530. The van der Waals surface area contributed by atoms with Gasteiger partial charge in [-0.3, -0.25) is 4.90 Å². The van der Waals surface area contributed by atoms with E-state index in [1.165, 1.54) is 24.9 Å². The van der Waals surface area contributed by atoms with Gasteiger partial charge < -0.3 is 0 Å². The van der Waals surface area contributed by atoms with Gasteiger partial charge in [0.15, 0.2) is 0 Å². The molecular weight excluding hydrogens is 206 g/mol. The zero-order valence-corrected chi connectivity index (χ0v) is 9.53. The summed E-state index contributed by atoms with van der Waals surface area (Å²) in [6.45, 7) is 2.28. The maximum atomic E-state index is 6.39. The SMILES string of the molecule is ClC1[C@@H]2CC[C@H]1N(Cc1ccccc1)C2. The minimum absolute atomic E-state index is 0.411. The van der Waals surface area contributed by atoms with Gasteiger partial charge in [0.25, 0.3) is 0 Å². The number of halogens is 1. The Bertz CT molecular complexity index is 338. The van der Waals surface area contributed by atoms with Gasteiger partial charge in [-0.2, -0.15) is 0 Å². The van der Waals surface area contributed by atoms with E-state index in [4.69, 9.17) is 11.6 Å². The summed E-state index contributed by atoms with van der Waals surface area (Å²) in [4.78, 5) is 2.56. The second-order valence-corrected chi connectivity index (χ2v) is 5.27. The molecule has 0 amide bonds. The van der Waals surface area contributed by atoms with E-state index in [2.05, 4.69) is 35.2 Å². The third-order valence-corrected chi connectivity index (χ3v) is 4.46. The summed E-state index contributed by atoms with van der Waals surface area (Å²) >= 11 is 6.39. The molecule has 2 aliphatic rings. The van der Waals surface area contributed by atoms with Crippen molar-refractivity contribution in [3.8, 4) is 0 Å². The van der Waals surface area contributed by atoms with Crippen molar-refractivity contribution in [1.82, 2.24) is 4.90 Å². The van der Waals surface area contributed by atoms with Crippen molar-refractivity contribution in [2.45, 2.75) is 30.8 Å². The molecule has 0 spiro atoms. The van der Waals surface area contributed by atoms with Gasteiger partial charge >= 0.3 is 0 Å². The quantitative estimate of drug-likeness (QED) is 0.695. The second-order valence-electron chi connectivity index (χ2n) is 4.76. The number of hydrogen-bond donors (Lipinski definition) is 0. The minimum atomic E-state index is 0.411. The van der Waals surface area contributed by atoms with Crippen molar-refractivity contribution in [1.29, 1.82) is 0 Å². The average Bonchev–Trinajstić information content (AvgIpc) is 2.75. The number of likely N-dealkylation sites (tertiary alicyclic amines) is 1. The lowest BCUT2D eigenvalue weighted by Gasteiger charge is -2.26. The molecule has 80 valence electrons. The molecule has 1 nitrogen and oxygen atoms in total. The molecule has 0 radical (unpaired) electrons. The van der Waals surface area contributed by atoms with Crippen LogP contribution in [0.2, 0.25) is 0 Å². The normalized spacial score (nSPS) is 34.9. The molecule has 2 heteroatoms. The Morgan fingerprint density at radius 3 is 2.60 bits per heavy atom. The molecule has 3 atom stereocenters. The van der Waals surface area contributed by atoms with Crippen LogP contribution in [0, 0.1) is 5.92 Å². The Morgan fingerprint density at radius 2 is 2.00 bits per heavy atom. The van der Waals surface area contributed by atoms with Gasteiger partial charge in [0.1, 0.15) is 0 Å². The Morgan fingerprint density at radius 1 is 1.20 bits per heavy atom. The molecule has 1 aliphatic carbocycles. The Labute approximate surface area is 96.0 Å². The molecule has 1 saturated carbocycles. The van der Waals surface area contributed by atoms with Gasteiger partial charge in [0, 0.05) is 19.1 Å². The van der Waals surface area contributed by atoms with Gasteiger partial charge in [-0.1, -0.05) is 30.3 Å². The summed E-state index contributed by atoms with van der Waals surface area (Å²) < 4.78 is 0. The van der Waals surface area contributed by atoms with Crippen LogP contribution in [-0.4, -0.2) is 22.9 Å². The Kier molecular flexibility index (Phi) is 2.45. The molecule has 1 aromatic carbocycles. The van der Waals surface area contributed by atoms with Crippen molar-refractivity contribution in [2.24, 2.45) is 5.92 Å². The van der Waals surface area contributed by atoms with Gasteiger partial charge in [-0.25, -0.2) is 0 Å².